The molecule has 1 N–H and O–H groups in total. The van der Waals surface area contributed by atoms with E-state index in [1.807, 2.05) is 31.2 Å². The quantitative estimate of drug-likeness (QED) is 0.699. The molecule has 2 aromatic rings. The maximum Gasteiger partial charge on any atom is 0.238 e. The van der Waals surface area contributed by atoms with Crippen LogP contribution in [0.5, 0.6) is 17.2 Å². The van der Waals surface area contributed by atoms with E-state index >= 15 is 0 Å². The molecule has 3 rings (SSSR count). The first-order valence-corrected chi connectivity index (χ1v) is 10.6. The van der Waals surface area contributed by atoms with E-state index in [2.05, 4.69) is 28.1 Å². The highest BCUT2D eigenvalue weighted by atomic mass is 16.5. The molecule has 0 unspecified atom stereocenters. The zero-order valence-corrected chi connectivity index (χ0v) is 19.2. The smallest absolute Gasteiger partial charge is 0.238 e. The van der Waals surface area contributed by atoms with E-state index in [4.69, 9.17) is 14.2 Å². The van der Waals surface area contributed by atoms with Gasteiger partial charge in [0.2, 0.25) is 11.7 Å². The van der Waals surface area contributed by atoms with Crippen molar-refractivity contribution in [3.63, 3.8) is 0 Å². The minimum Gasteiger partial charge on any atom is -0.493 e. The highest BCUT2D eigenvalue weighted by Gasteiger charge is 2.22. The molecule has 1 heterocycles. The van der Waals surface area contributed by atoms with E-state index in [-0.39, 0.29) is 5.91 Å². The van der Waals surface area contributed by atoms with Crippen LogP contribution in [0.4, 0.5) is 5.69 Å². The molecule has 1 amide bonds. The van der Waals surface area contributed by atoms with E-state index in [0.29, 0.717) is 23.8 Å². The number of ether oxygens (including phenoxy) is 3. The van der Waals surface area contributed by atoms with Crippen molar-refractivity contribution in [3.05, 3.63) is 47.0 Å². The number of carbonyl (C=O) groups is 1. The van der Waals surface area contributed by atoms with Crippen LogP contribution in [0.25, 0.3) is 0 Å². The van der Waals surface area contributed by atoms with Crippen LogP contribution in [0.3, 0.4) is 0 Å². The highest BCUT2D eigenvalue weighted by Crippen LogP contribution is 2.40. The number of nitrogens with one attached hydrogen (secondary N) is 1. The Bertz CT molecular complexity index is 908. The van der Waals surface area contributed by atoms with Crippen LogP contribution in [-0.4, -0.2) is 69.8 Å². The van der Waals surface area contributed by atoms with Crippen molar-refractivity contribution in [2.24, 2.45) is 0 Å². The first-order chi connectivity index (χ1) is 15.0. The first-order valence-electron chi connectivity index (χ1n) is 10.6. The molecule has 7 nitrogen and oxygen atoms in total. The van der Waals surface area contributed by atoms with E-state index in [0.717, 1.165) is 49.5 Å². The number of nitrogens with zero attached hydrogens (tertiary/aromatic N) is 2. The fourth-order valence-electron chi connectivity index (χ4n) is 3.91. The van der Waals surface area contributed by atoms with Gasteiger partial charge in [-0.3, -0.25) is 14.6 Å². The van der Waals surface area contributed by atoms with Crippen molar-refractivity contribution in [2.75, 3.05) is 59.4 Å². The fourth-order valence-corrected chi connectivity index (χ4v) is 3.91. The fraction of sp³-hybridized carbons (Fsp3) is 0.458. The predicted octanol–water partition coefficient (Wildman–Crippen LogP) is 3.09. The lowest BCUT2D eigenvalue weighted by Crippen LogP contribution is -2.48. The number of methoxy groups -OCH3 is 3. The number of hydrogen-bond donors (Lipinski definition) is 1. The van der Waals surface area contributed by atoms with Crippen LogP contribution >= 0.6 is 0 Å². The maximum atomic E-state index is 12.5. The van der Waals surface area contributed by atoms with Gasteiger partial charge in [-0.25, -0.2) is 0 Å². The lowest BCUT2D eigenvalue weighted by molar-refractivity contribution is -0.117. The normalized spacial score (nSPS) is 14.9. The SMILES string of the molecule is COc1ccc(CN2CCN(CC(=O)Nc3cccc(C)c3C)CC2)c(OC)c1OC. The number of hydrogen-bond acceptors (Lipinski definition) is 6. The van der Waals surface area contributed by atoms with Gasteiger partial charge in [0, 0.05) is 44.0 Å². The van der Waals surface area contributed by atoms with Crippen LogP contribution in [0.15, 0.2) is 30.3 Å². The summed E-state index contributed by atoms with van der Waals surface area (Å²) in [6.07, 6.45) is 0. The third kappa shape index (κ3) is 5.48. The number of benzene rings is 2. The second kappa shape index (κ2) is 10.5. The van der Waals surface area contributed by atoms with Gasteiger partial charge in [-0.05, 0) is 37.1 Å². The van der Waals surface area contributed by atoms with E-state index in [1.165, 1.54) is 5.56 Å². The second-order valence-corrected chi connectivity index (χ2v) is 7.84. The summed E-state index contributed by atoms with van der Waals surface area (Å²) >= 11 is 0. The molecule has 1 saturated heterocycles. The molecule has 0 radical (unpaired) electrons. The third-order valence-corrected chi connectivity index (χ3v) is 5.89. The average Bonchev–Trinajstić information content (AvgIpc) is 2.77. The summed E-state index contributed by atoms with van der Waals surface area (Å²) in [5.41, 5.74) is 4.24. The van der Waals surface area contributed by atoms with Crippen molar-refractivity contribution in [2.45, 2.75) is 20.4 Å². The van der Waals surface area contributed by atoms with Gasteiger partial charge < -0.3 is 19.5 Å². The lowest BCUT2D eigenvalue weighted by Gasteiger charge is -2.34. The second-order valence-electron chi connectivity index (χ2n) is 7.84. The summed E-state index contributed by atoms with van der Waals surface area (Å²) in [5.74, 6) is 2.01. The summed E-state index contributed by atoms with van der Waals surface area (Å²) in [6.45, 7) is 8.70. The average molecular weight is 428 g/mol. The molecule has 0 aromatic heterocycles. The van der Waals surface area contributed by atoms with Gasteiger partial charge in [-0.1, -0.05) is 18.2 Å². The van der Waals surface area contributed by atoms with Gasteiger partial charge >= 0.3 is 0 Å². The Balaban J connectivity index is 1.54. The van der Waals surface area contributed by atoms with Crippen LogP contribution in [-0.2, 0) is 11.3 Å². The van der Waals surface area contributed by atoms with Crippen LogP contribution in [0.1, 0.15) is 16.7 Å². The zero-order valence-electron chi connectivity index (χ0n) is 19.2. The largest absolute Gasteiger partial charge is 0.493 e. The first kappa shape index (κ1) is 22.9. The Morgan fingerprint density at radius 3 is 2.23 bits per heavy atom. The Morgan fingerprint density at radius 2 is 1.58 bits per heavy atom. The molecule has 1 aliphatic rings. The molecule has 7 heteroatoms. The van der Waals surface area contributed by atoms with E-state index in [1.54, 1.807) is 21.3 Å². The minimum atomic E-state index is 0.0312. The lowest BCUT2D eigenvalue weighted by atomic mass is 10.1. The maximum absolute atomic E-state index is 12.5. The number of amides is 1. The number of carbonyl (C=O) groups excluding carboxylic acids is 1. The summed E-state index contributed by atoms with van der Waals surface area (Å²) in [5, 5.41) is 3.05. The summed E-state index contributed by atoms with van der Waals surface area (Å²) < 4.78 is 16.5. The van der Waals surface area contributed by atoms with Gasteiger partial charge in [0.05, 0.1) is 27.9 Å². The molecule has 1 fully saturated rings. The molecule has 0 bridgehead atoms. The Morgan fingerprint density at radius 1 is 0.903 bits per heavy atom. The Hall–Kier alpha value is -2.77. The number of anilines is 1. The zero-order chi connectivity index (χ0) is 22.4. The van der Waals surface area contributed by atoms with Crippen molar-refractivity contribution < 1.29 is 19.0 Å². The standard InChI is InChI=1S/C24H33N3O4/c1-17-7-6-8-20(18(17)2)25-22(28)16-27-13-11-26(12-14-27)15-19-9-10-21(29-3)24(31-5)23(19)30-4/h6-10H,11-16H2,1-5H3,(H,25,28). The number of piperazine rings is 1. The molecule has 168 valence electrons. The Labute approximate surface area is 184 Å². The van der Waals surface area contributed by atoms with Crippen LogP contribution in [0, 0.1) is 13.8 Å². The third-order valence-electron chi connectivity index (χ3n) is 5.89. The Kier molecular flexibility index (Phi) is 7.76. The topological polar surface area (TPSA) is 63.3 Å². The molecule has 0 saturated carbocycles. The van der Waals surface area contributed by atoms with Gasteiger partial charge in [0.25, 0.3) is 0 Å². The van der Waals surface area contributed by atoms with Crippen molar-refractivity contribution in [1.82, 2.24) is 9.80 Å². The van der Waals surface area contributed by atoms with Crippen molar-refractivity contribution >= 4 is 11.6 Å². The van der Waals surface area contributed by atoms with Gasteiger partial charge in [0.15, 0.2) is 11.5 Å². The highest BCUT2D eigenvalue weighted by molar-refractivity contribution is 5.93. The summed E-state index contributed by atoms with van der Waals surface area (Å²) in [7, 11) is 4.88. The van der Waals surface area contributed by atoms with Gasteiger partial charge in [0.1, 0.15) is 0 Å². The van der Waals surface area contributed by atoms with Crippen LogP contribution in [0.2, 0.25) is 0 Å². The van der Waals surface area contributed by atoms with Crippen molar-refractivity contribution in [1.29, 1.82) is 0 Å². The van der Waals surface area contributed by atoms with Gasteiger partial charge in [-0.15, -0.1) is 0 Å². The molecular weight excluding hydrogens is 394 g/mol. The van der Waals surface area contributed by atoms with Crippen LogP contribution < -0.4 is 19.5 Å². The summed E-state index contributed by atoms with van der Waals surface area (Å²) in [6, 6.07) is 9.90. The molecule has 2 aromatic carbocycles. The molecule has 0 spiro atoms. The minimum absolute atomic E-state index is 0.0312. The van der Waals surface area contributed by atoms with E-state index in [9.17, 15) is 4.79 Å². The summed E-state index contributed by atoms with van der Waals surface area (Å²) in [4.78, 5) is 17.1. The van der Waals surface area contributed by atoms with Crippen molar-refractivity contribution in [3.8, 4) is 17.2 Å². The van der Waals surface area contributed by atoms with E-state index < -0.39 is 0 Å². The number of rotatable bonds is 8. The molecule has 31 heavy (non-hydrogen) atoms. The molecule has 1 aliphatic heterocycles. The molecular formula is C24H33N3O4. The monoisotopic (exact) mass is 427 g/mol. The molecule has 0 atom stereocenters. The number of aryl methyl sites for hydroxylation is 1. The van der Waals surface area contributed by atoms with Gasteiger partial charge in [-0.2, -0.15) is 0 Å². The molecule has 0 aliphatic carbocycles. The predicted molar refractivity (Wildman–Crippen MR) is 122 cm³/mol.